The number of hydrogen-bond donors (Lipinski definition) is 3. The molecule has 0 radical (unpaired) electrons. The maximum absolute atomic E-state index is 16.2. The number of aliphatic carboxylic acids is 1. The molecule has 1 aliphatic heterocycles. The maximum Gasteiger partial charge on any atom is 0.335 e. The van der Waals surface area contributed by atoms with Crippen molar-refractivity contribution in [1.29, 1.82) is 0 Å². The first kappa shape index (κ1) is 24.0. The van der Waals surface area contributed by atoms with Gasteiger partial charge in [0.15, 0.2) is 23.1 Å². The summed E-state index contributed by atoms with van der Waals surface area (Å²) in [6, 6.07) is 5.44. The minimum Gasteiger partial charge on any atom is -0.479 e. The van der Waals surface area contributed by atoms with Gasteiger partial charge in [-0.3, -0.25) is 5.10 Å². The van der Waals surface area contributed by atoms with Crippen LogP contribution in [0.4, 0.5) is 13.2 Å². The molecule has 7 nitrogen and oxygen atoms in total. The van der Waals surface area contributed by atoms with E-state index in [0.717, 1.165) is 23.4 Å². The van der Waals surface area contributed by atoms with Gasteiger partial charge in [-0.1, -0.05) is 0 Å². The first-order chi connectivity index (χ1) is 17.8. The van der Waals surface area contributed by atoms with Crippen LogP contribution in [-0.2, 0) is 9.53 Å². The Kier molecular flexibility index (Phi) is 5.76. The molecule has 2 aromatic carbocycles. The smallest absolute Gasteiger partial charge is 0.335 e. The average Bonchev–Trinajstić information content (AvgIpc) is 3.50. The van der Waals surface area contributed by atoms with Gasteiger partial charge in [0.05, 0.1) is 11.7 Å². The van der Waals surface area contributed by atoms with Crippen LogP contribution >= 0.6 is 0 Å². The van der Waals surface area contributed by atoms with Crippen molar-refractivity contribution < 1.29 is 32.9 Å². The van der Waals surface area contributed by atoms with Crippen LogP contribution in [0.3, 0.4) is 0 Å². The predicted molar refractivity (Wildman–Crippen MR) is 129 cm³/mol. The Bertz CT molecular complexity index is 1510. The molecular weight excluding hydrogens is 487 g/mol. The predicted octanol–water partition coefficient (Wildman–Crippen LogP) is 5.29. The van der Waals surface area contributed by atoms with Gasteiger partial charge in [0.25, 0.3) is 0 Å². The van der Waals surface area contributed by atoms with Crippen molar-refractivity contribution in [3.05, 3.63) is 59.2 Å². The second-order valence-corrected chi connectivity index (χ2v) is 10.1. The van der Waals surface area contributed by atoms with Crippen LogP contribution in [0.25, 0.3) is 27.5 Å². The molecular formula is C27H26F3N3O4. The second kappa shape index (κ2) is 8.88. The minimum atomic E-state index is -1.82. The van der Waals surface area contributed by atoms with E-state index < -0.39 is 29.0 Å². The van der Waals surface area contributed by atoms with Gasteiger partial charge in [0.2, 0.25) is 0 Å². The summed E-state index contributed by atoms with van der Waals surface area (Å²) in [6.45, 7) is 1.03. The number of rotatable bonds is 4. The highest BCUT2D eigenvalue weighted by molar-refractivity contribution is 6.00. The standard InChI is InChI=1S/C27H26F3N3O4/c28-18-2-1-17(12-19(18)29)33-20-11-16-13-31-32-24(16)23(30)22(20)21(25(33)15-5-9-37-10-6-15)14-3-7-27(36,8-4-14)26(34)35/h1-2,11-15,36H,3-10H2,(H,31,32)(H,34,35). The Morgan fingerprint density at radius 3 is 2.46 bits per heavy atom. The zero-order valence-electron chi connectivity index (χ0n) is 19.9. The monoisotopic (exact) mass is 513 g/mol. The van der Waals surface area contributed by atoms with E-state index in [-0.39, 0.29) is 30.2 Å². The quantitative estimate of drug-likeness (QED) is 0.344. The topological polar surface area (TPSA) is 100 Å². The number of H-pyrrole nitrogens is 1. The van der Waals surface area contributed by atoms with Crippen molar-refractivity contribution >= 4 is 27.8 Å². The largest absolute Gasteiger partial charge is 0.479 e. The molecule has 0 spiro atoms. The number of aromatic amines is 1. The fourth-order valence-electron chi connectivity index (χ4n) is 6.14. The van der Waals surface area contributed by atoms with Gasteiger partial charge in [-0.2, -0.15) is 5.10 Å². The molecule has 0 unspecified atom stereocenters. The number of carbonyl (C=O) groups is 1. The number of aliphatic hydroxyl groups is 1. The summed E-state index contributed by atoms with van der Waals surface area (Å²) in [5.74, 6) is -4.01. The van der Waals surface area contributed by atoms with E-state index in [0.29, 0.717) is 60.9 Å². The van der Waals surface area contributed by atoms with Crippen LogP contribution < -0.4 is 0 Å². The lowest BCUT2D eigenvalue weighted by Crippen LogP contribution is -2.41. The number of aromatic nitrogens is 3. The van der Waals surface area contributed by atoms with Gasteiger partial charge >= 0.3 is 5.97 Å². The summed E-state index contributed by atoms with van der Waals surface area (Å²) in [5, 5.41) is 27.7. The molecule has 2 fully saturated rings. The van der Waals surface area contributed by atoms with Gasteiger partial charge in [-0.15, -0.1) is 0 Å². The molecule has 194 valence electrons. The molecule has 37 heavy (non-hydrogen) atoms. The minimum absolute atomic E-state index is 0.0337. The lowest BCUT2D eigenvalue weighted by molar-refractivity contribution is -0.162. The number of nitrogens with zero attached hydrogens (tertiary/aromatic N) is 2. The van der Waals surface area contributed by atoms with E-state index >= 15 is 4.39 Å². The number of carboxylic acid groups (broad SMARTS) is 1. The lowest BCUT2D eigenvalue weighted by atomic mass is 9.74. The third-order valence-corrected chi connectivity index (χ3v) is 8.07. The zero-order chi connectivity index (χ0) is 25.9. The van der Waals surface area contributed by atoms with Crippen molar-refractivity contribution in [3.63, 3.8) is 0 Å². The summed E-state index contributed by atoms with van der Waals surface area (Å²) < 4.78 is 52.0. The van der Waals surface area contributed by atoms with Gasteiger partial charge < -0.3 is 19.5 Å². The molecule has 3 N–H and O–H groups in total. The second-order valence-electron chi connectivity index (χ2n) is 10.1. The van der Waals surface area contributed by atoms with Crippen LogP contribution in [0.2, 0.25) is 0 Å². The molecule has 1 saturated carbocycles. The number of nitrogens with one attached hydrogen (secondary N) is 1. The van der Waals surface area contributed by atoms with Crippen molar-refractivity contribution in [3.8, 4) is 5.69 Å². The summed E-state index contributed by atoms with van der Waals surface area (Å²) in [4.78, 5) is 11.7. The molecule has 0 amide bonds. The number of hydrogen-bond acceptors (Lipinski definition) is 4. The Morgan fingerprint density at radius 2 is 1.78 bits per heavy atom. The van der Waals surface area contributed by atoms with E-state index in [1.54, 1.807) is 6.07 Å². The molecule has 3 heterocycles. The number of ether oxygens (including phenoxy) is 1. The summed E-state index contributed by atoms with van der Waals surface area (Å²) in [6.07, 6.45) is 3.60. The first-order valence-electron chi connectivity index (χ1n) is 12.5. The Labute approximate surface area is 209 Å². The lowest BCUT2D eigenvalue weighted by Gasteiger charge is -2.34. The first-order valence-corrected chi connectivity index (χ1v) is 12.5. The summed E-state index contributed by atoms with van der Waals surface area (Å²) >= 11 is 0. The van der Waals surface area contributed by atoms with E-state index in [1.807, 2.05) is 4.57 Å². The average molecular weight is 514 g/mol. The SMILES string of the molecule is O=C(O)C1(O)CCC(c2c(C3CCOCC3)n(-c3ccc(F)c(F)c3)c3cc4cn[nH]c4c(F)c23)CC1. The molecule has 6 rings (SSSR count). The van der Waals surface area contributed by atoms with E-state index in [9.17, 15) is 23.8 Å². The van der Waals surface area contributed by atoms with Crippen LogP contribution in [0.5, 0.6) is 0 Å². The summed E-state index contributed by atoms with van der Waals surface area (Å²) in [5.41, 5.74) is 0.836. The summed E-state index contributed by atoms with van der Waals surface area (Å²) in [7, 11) is 0. The molecule has 0 bridgehead atoms. The molecule has 1 saturated heterocycles. The highest BCUT2D eigenvalue weighted by Crippen LogP contribution is 2.48. The van der Waals surface area contributed by atoms with Gasteiger partial charge in [-0.25, -0.2) is 18.0 Å². The number of carboxylic acids is 1. The molecule has 10 heteroatoms. The Balaban J connectivity index is 1.65. The number of halogens is 3. The third kappa shape index (κ3) is 3.81. The van der Waals surface area contributed by atoms with Crippen molar-refractivity contribution in [2.75, 3.05) is 13.2 Å². The molecule has 2 aliphatic rings. The van der Waals surface area contributed by atoms with Gasteiger partial charge in [0.1, 0.15) is 5.52 Å². The fraction of sp³-hybridized carbons (Fsp3) is 0.407. The van der Waals surface area contributed by atoms with E-state index in [2.05, 4.69) is 10.2 Å². The van der Waals surface area contributed by atoms with Crippen molar-refractivity contribution in [1.82, 2.24) is 14.8 Å². The van der Waals surface area contributed by atoms with E-state index in [4.69, 9.17) is 4.74 Å². The molecule has 4 aromatic rings. The third-order valence-electron chi connectivity index (χ3n) is 8.07. The highest BCUT2D eigenvalue weighted by Gasteiger charge is 2.42. The number of fused-ring (bicyclic) bond motifs is 2. The molecule has 2 aromatic heterocycles. The normalized spacial score (nSPS) is 23.2. The van der Waals surface area contributed by atoms with Crippen LogP contribution in [0.15, 0.2) is 30.5 Å². The van der Waals surface area contributed by atoms with Crippen LogP contribution in [0, 0.1) is 17.5 Å². The molecule has 1 aliphatic carbocycles. The Hall–Kier alpha value is -3.37. The fourth-order valence-corrected chi connectivity index (χ4v) is 6.14. The van der Waals surface area contributed by atoms with Gasteiger partial charge in [0, 0.05) is 47.4 Å². The van der Waals surface area contributed by atoms with Crippen molar-refractivity contribution in [2.24, 2.45) is 0 Å². The van der Waals surface area contributed by atoms with Crippen LogP contribution in [0.1, 0.15) is 61.6 Å². The van der Waals surface area contributed by atoms with E-state index in [1.165, 1.54) is 12.3 Å². The maximum atomic E-state index is 16.2. The Morgan fingerprint density at radius 1 is 1.05 bits per heavy atom. The molecule has 0 atom stereocenters. The van der Waals surface area contributed by atoms with Gasteiger partial charge in [-0.05, 0) is 68.2 Å². The highest BCUT2D eigenvalue weighted by atomic mass is 19.2. The van der Waals surface area contributed by atoms with Crippen molar-refractivity contribution in [2.45, 2.75) is 56.0 Å². The zero-order valence-corrected chi connectivity index (χ0v) is 19.9. The van der Waals surface area contributed by atoms with Crippen LogP contribution in [-0.4, -0.2) is 49.8 Å². The number of benzene rings is 2.